The van der Waals surface area contributed by atoms with Crippen LogP contribution < -0.4 is 10.0 Å². The minimum atomic E-state index is -0.00726. The van der Waals surface area contributed by atoms with Gasteiger partial charge in [0.2, 0.25) is 0 Å². The maximum atomic E-state index is 6.24. The molecule has 0 spiro atoms. The van der Waals surface area contributed by atoms with E-state index >= 15 is 0 Å². The number of benzene rings is 2. The second-order valence-corrected chi connectivity index (χ2v) is 12.7. The Bertz CT molecular complexity index is 888. The van der Waals surface area contributed by atoms with E-state index in [1.54, 1.807) is 7.11 Å². The molecule has 3 nitrogen and oxygen atoms in total. The van der Waals surface area contributed by atoms with Gasteiger partial charge in [-0.05, 0) is 54.8 Å². The van der Waals surface area contributed by atoms with Crippen LogP contribution in [-0.2, 0) is 21.9 Å². The van der Waals surface area contributed by atoms with Crippen LogP contribution in [0.25, 0.3) is 0 Å². The van der Waals surface area contributed by atoms with Crippen molar-refractivity contribution < 1.29 is 9.47 Å². The maximum absolute atomic E-state index is 6.24. The van der Waals surface area contributed by atoms with Crippen LogP contribution in [0.4, 0.5) is 0 Å². The quantitative estimate of drug-likeness (QED) is 0.187. The number of ether oxygens (including phenoxy) is 2. The maximum Gasteiger partial charge on any atom is 0.188 e. The van der Waals surface area contributed by atoms with Crippen LogP contribution >= 0.6 is 8.58 Å². The molecular formula is C29H46NO2P. The van der Waals surface area contributed by atoms with Gasteiger partial charge in [0.1, 0.15) is 5.75 Å². The van der Waals surface area contributed by atoms with E-state index < -0.39 is 0 Å². The summed E-state index contributed by atoms with van der Waals surface area (Å²) >= 11 is 0. The van der Waals surface area contributed by atoms with Gasteiger partial charge in [-0.1, -0.05) is 98.9 Å². The molecule has 0 aliphatic heterocycles. The van der Waals surface area contributed by atoms with E-state index in [2.05, 4.69) is 96.9 Å². The molecule has 4 heteroatoms. The zero-order chi connectivity index (χ0) is 24.6. The van der Waals surface area contributed by atoms with Gasteiger partial charge in [0.15, 0.2) is 6.79 Å². The predicted octanol–water partition coefficient (Wildman–Crippen LogP) is 7.14. The van der Waals surface area contributed by atoms with E-state index in [0.717, 1.165) is 18.7 Å². The van der Waals surface area contributed by atoms with E-state index in [1.807, 2.05) is 0 Å². The molecule has 0 heterocycles. The van der Waals surface area contributed by atoms with Crippen LogP contribution in [0.2, 0.25) is 0 Å². The van der Waals surface area contributed by atoms with Gasteiger partial charge < -0.3 is 14.4 Å². The molecule has 2 unspecified atom stereocenters. The van der Waals surface area contributed by atoms with Crippen LogP contribution in [0, 0.1) is 6.92 Å². The van der Waals surface area contributed by atoms with Crippen LogP contribution in [0.15, 0.2) is 36.4 Å². The Morgan fingerprint density at radius 2 is 1.70 bits per heavy atom. The molecule has 0 saturated heterocycles. The van der Waals surface area contributed by atoms with Crippen molar-refractivity contribution in [3.05, 3.63) is 58.7 Å². The first-order valence-corrected chi connectivity index (χ1v) is 13.3. The topological polar surface area (TPSA) is 21.7 Å². The molecule has 2 aromatic carbocycles. The largest absolute Gasteiger partial charge is 0.467 e. The highest BCUT2D eigenvalue weighted by Gasteiger charge is 2.33. The minimum absolute atomic E-state index is 0.00726. The first-order valence-electron chi connectivity index (χ1n) is 12.3. The number of nitrogens with zero attached hydrogens (tertiary/aromatic N) is 1. The number of methoxy groups -OCH3 is 1. The third-order valence-electron chi connectivity index (χ3n) is 6.25. The lowest BCUT2D eigenvalue weighted by Gasteiger charge is -2.35. The minimum Gasteiger partial charge on any atom is -0.467 e. The summed E-state index contributed by atoms with van der Waals surface area (Å²) in [5.41, 5.74) is 5.40. The summed E-state index contributed by atoms with van der Waals surface area (Å²) in [6.45, 7) is 15.0. The summed E-state index contributed by atoms with van der Waals surface area (Å²) in [5, 5.41) is 1.45. The van der Waals surface area contributed by atoms with Gasteiger partial charge in [0, 0.05) is 24.4 Å². The normalized spacial score (nSPS) is 14.2. The average molecular weight is 472 g/mol. The molecule has 0 amide bonds. The SMILES string of the molecule is CCCCCC(C)(Pc1ccccc1CN(C)C)c1cc(C(C)(C)C)cc(C)c1OCOC. The molecule has 2 aromatic rings. The monoisotopic (exact) mass is 471 g/mol. The number of hydrogen-bond donors (Lipinski definition) is 0. The molecule has 184 valence electrons. The van der Waals surface area contributed by atoms with E-state index in [-0.39, 0.29) is 17.4 Å². The summed E-state index contributed by atoms with van der Waals surface area (Å²) in [7, 11) is 6.65. The number of unbranched alkanes of at least 4 members (excludes halogenated alkanes) is 2. The Morgan fingerprint density at radius 1 is 1.00 bits per heavy atom. The summed E-state index contributed by atoms with van der Waals surface area (Å²) in [6, 6.07) is 13.7. The van der Waals surface area contributed by atoms with Crippen LogP contribution in [0.3, 0.4) is 0 Å². The van der Waals surface area contributed by atoms with E-state index in [0.29, 0.717) is 8.58 Å². The third kappa shape index (κ3) is 7.81. The van der Waals surface area contributed by atoms with Crippen molar-refractivity contribution in [2.75, 3.05) is 28.0 Å². The summed E-state index contributed by atoms with van der Waals surface area (Å²) in [5.74, 6) is 1.00. The zero-order valence-corrected chi connectivity index (χ0v) is 23.5. The van der Waals surface area contributed by atoms with Gasteiger partial charge >= 0.3 is 0 Å². The second kappa shape index (κ2) is 12.3. The molecule has 0 radical (unpaired) electrons. The lowest BCUT2D eigenvalue weighted by molar-refractivity contribution is 0.0494. The number of hydrogen-bond acceptors (Lipinski definition) is 3. The Balaban J connectivity index is 2.66. The van der Waals surface area contributed by atoms with Crippen LogP contribution in [0.1, 0.15) is 82.6 Å². The van der Waals surface area contributed by atoms with Gasteiger partial charge in [-0.25, -0.2) is 0 Å². The number of aryl methyl sites for hydroxylation is 1. The second-order valence-electron chi connectivity index (χ2n) is 10.8. The molecule has 2 rings (SSSR count). The highest BCUT2D eigenvalue weighted by Crippen LogP contribution is 2.50. The molecule has 0 fully saturated rings. The molecule has 2 atom stereocenters. The predicted molar refractivity (Wildman–Crippen MR) is 146 cm³/mol. The lowest BCUT2D eigenvalue weighted by atomic mass is 9.82. The zero-order valence-electron chi connectivity index (χ0n) is 22.5. The first kappa shape index (κ1) is 27.8. The highest BCUT2D eigenvalue weighted by molar-refractivity contribution is 7.48. The highest BCUT2D eigenvalue weighted by atomic mass is 31.1. The van der Waals surface area contributed by atoms with Crippen LogP contribution in [-0.4, -0.2) is 32.9 Å². The molecule has 0 aliphatic carbocycles. The Kier molecular flexibility index (Phi) is 10.4. The summed E-state index contributed by atoms with van der Waals surface area (Å²) < 4.78 is 11.6. The van der Waals surface area contributed by atoms with Gasteiger partial charge in [-0.15, -0.1) is 0 Å². The van der Waals surface area contributed by atoms with Gasteiger partial charge in [-0.2, -0.15) is 0 Å². The fraction of sp³-hybridized carbons (Fsp3) is 0.586. The van der Waals surface area contributed by atoms with Crippen LogP contribution in [0.5, 0.6) is 5.75 Å². The van der Waals surface area contributed by atoms with Crippen molar-refractivity contribution in [2.45, 2.75) is 84.3 Å². The molecule has 0 saturated carbocycles. The Morgan fingerprint density at radius 3 is 2.30 bits per heavy atom. The molecule has 0 aliphatic rings. The van der Waals surface area contributed by atoms with Gasteiger partial charge in [-0.3, -0.25) is 0 Å². The fourth-order valence-corrected chi connectivity index (χ4v) is 6.06. The van der Waals surface area contributed by atoms with E-state index in [1.165, 1.54) is 46.8 Å². The summed E-state index contributed by atoms with van der Waals surface area (Å²) in [6.07, 6.45) is 4.85. The molecule has 0 bridgehead atoms. The Labute approximate surface area is 205 Å². The average Bonchev–Trinajstić information content (AvgIpc) is 2.73. The smallest absolute Gasteiger partial charge is 0.188 e. The van der Waals surface area contributed by atoms with Crippen molar-refractivity contribution in [3.8, 4) is 5.75 Å². The van der Waals surface area contributed by atoms with Crippen molar-refractivity contribution in [1.82, 2.24) is 4.90 Å². The first-order chi connectivity index (χ1) is 15.5. The fourth-order valence-electron chi connectivity index (χ4n) is 4.34. The van der Waals surface area contributed by atoms with Crippen molar-refractivity contribution in [2.24, 2.45) is 0 Å². The standard InChI is InChI=1S/C29H46NO2P/c1-10-11-14-17-29(6,33-26-16-13-12-15-23(26)20-30(7)8)25-19-24(28(3,4)5)18-22(2)27(25)32-21-31-9/h12-13,15-16,18-19,33H,10-11,14,17,20-21H2,1-9H3. The third-order valence-corrected chi connectivity index (χ3v) is 8.08. The molecule has 0 aromatic heterocycles. The lowest BCUT2D eigenvalue weighted by Crippen LogP contribution is -2.25. The summed E-state index contributed by atoms with van der Waals surface area (Å²) in [4.78, 5) is 2.26. The molecular weight excluding hydrogens is 425 g/mol. The molecule has 0 N–H and O–H groups in total. The van der Waals surface area contributed by atoms with Crippen molar-refractivity contribution >= 4 is 13.9 Å². The Hall–Kier alpha value is -1.41. The van der Waals surface area contributed by atoms with Gasteiger partial charge in [0.05, 0.1) is 0 Å². The number of rotatable bonds is 12. The van der Waals surface area contributed by atoms with Crippen molar-refractivity contribution in [1.29, 1.82) is 0 Å². The van der Waals surface area contributed by atoms with Gasteiger partial charge in [0.25, 0.3) is 0 Å². The van der Waals surface area contributed by atoms with E-state index in [4.69, 9.17) is 9.47 Å². The van der Waals surface area contributed by atoms with Crippen molar-refractivity contribution in [3.63, 3.8) is 0 Å². The van der Waals surface area contributed by atoms with E-state index in [9.17, 15) is 0 Å². The molecule has 33 heavy (non-hydrogen) atoms.